The molecular weight excluding hydrogens is 407 g/mol. The number of aryl methyl sites for hydroxylation is 3. The Kier molecular flexibility index (Phi) is 5.42. The predicted octanol–water partition coefficient (Wildman–Crippen LogP) is 3.38. The third-order valence-electron chi connectivity index (χ3n) is 5.37. The lowest BCUT2D eigenvalue weighted by atomic mass is 10.1. The number of carbonyl (C=O) groups is 1. The molecule has 3 heterocycles. The van der Waals surface area contributed by atoms with Crippen molar-refractivity contribution in [1.29, 1.82) is 0 Å². The number of anilines is 2. The second-order valence-corrected chi connectivity index (χ2v) is 7.93. The van der Waals surface area contributed by atoms with Gasteiger partial charge >= 0.3 is 0 Å². The molecule has 156 valence electrons. The summed E-state index contributed by atoms with van der Waals surface area (Å²) < 4.78 is 15.0. The molecule has 30 heavy (non-hydrogen) atoms. The average molecular weight is 429 g/mol. The number of aromatic nitrogens is 4. The molecule has 7 nitrogen and oxygen atoms in total. The van der Waals surface area contributed by atoms with Crippen LogP contribution in [0.2, 0.25) is 5.02 Å². The van der Waals surface area contributed by atoms with Crippen LogP contribution in [0.3, 0.4) is 0 Å². The molecule has 1 aliphatic heterocycles. The molecule has 1 aromatic carbocycles. The molecule has 2 aromatic heterocycles. The molecule has 0 fully saturated rings. The lowest BCUT2D eigenvalue weighted by molar-refractivity contribution is -0.117. The van der Waals surface area contributed by atoms with Gasteiger partial charge in [-0.15, -0.1) is 5.10 Å². The topological polar surface area (TPSA) is 75.9 Å². The van der Waals surface area contributed by atoms with E-state index in [0.717, 1.165) is 34.0 Å². The smallest absolute Gasteiger partial charge is 0.246 e. The van der Waals surface area contributed by atoms with Gasteiger partial charge < -0.3 is 10.2 Å². The number of fused-ring (bicyclic) bond motifs is 1. The number of carbonyl (C=O) groups excluding carboxylic acids is 1. The first-order chi connectivity index (χ1) is 14.3. The highest BCUT2D eigenvalue weighted by atomic mass is 35.5. The molecule has 1 aliphatic rings. The summed E-state index contributed by atoms with van der Waals surface area (Å²) >= 11 is 5.84. The number of nitrogens with one attached hydrogen (secondary N) is 1. The van der Waals surface area contributed by atoms with Crippen molar-refractivity contribution >= 4 is 28.9 Å². The predicted molar refractivity (Wildman–Crippen MR) is 113 cm³/mol. The van der Waals surface area contributed by atoms with Gasteiger partial charge in [0.1, 0.15) is 11.9 Å². The lowest BCUT2D eigenvalue weighted by Gasteiger charge is -2.34. The Hall–Kier alpha value is -3.00. The van der Waals surface area contributed by atoms with Crippen LogP contribution in [0.4, 0.5) is 15.8 Å². The highest BCUT2D eigenvalue weighted by Crippen LogP contribution is 2.33. The number of pyridine rings is 1. The van der Waals surface area contributed by atoms with Gasteiger partial charge in [0.25, 0.3) is 0 Å². The van der Waals surface area contributed by atoms with Gasteiger partial charge in [0, 0.05) is 18.9 Å². The number of rotatable bonds is 5. The Bertz CT molecular complexity index is 1110. The molecule has 0 unspecified atom stereocenters. The molecule has 0 saturated heterocycles. The summed E-state index contributed by atoms with van der Waals surface area (Å²) in [5.74, 6) is -0.464. The van der Waals surface area contributed by atoms with E-state index in [1.54, 1.807) is 16.8 Å². The SMILES string of the molecule is Cc1nc(CCc2cn(Cc3ccc(F)c(Cl)c3)nn2)cc2c1NC(=O)[C@H](C)N2C. The fourth-order valence-electron chi connectivity index (χ4n) is 3.50. The van der Waals surface area contributed by atoms with Crippen LogP contribution in [0.25, 0.3) is 0 Å². The average Bonchev–Trinajstić information content (AvgIpc) is 3.16. The molecule has 1 amide bonds. The summed E-state index contributed by atoms with van der Waals surface area (Å²) in [7, 11) is 1.92. The maximum Gasteiger partial charge on any atom is 0.246 e. The van der Waals surface area contributed by atoms with Crippen molar-refractivity contribution in [2.24, 2.45) is 0 Å². The van der Waals surface area contributed by atoms with E-state index in [4.69, 9.17) is 11.6 Å². The molecule has 1 atom stereocenters. The van der Waals surface area contributed by atoms with Gasteiger partial charge in [0.05, 0.1) is 34.3 Å². The van der Waals surface area contributed by atoms with E-state index >= 15 is 0 Å². The summed E-state index contributed by atoms with van der Waals surface area (Å²) in [6, 6.07) is 6.41. The molecular formula is C21H22ClFN6O. The van der Waals surface area contributed by atoms with E-state index in [-0.39, 0.29) is 17.0 Å². The van der Waals surface area contributed by atoms with Crippen molar-refractivity contribution in [3.63, 3.8) is 0 Å². The highest BCUT2D eigenvalue weighted by molar-refractivity contribution is 6.30. The molecule has 4 rings (SSSR count). The minimum atomic E-state index is -0.438. The Morgan fingerprint density at radius 1 is 1.23 bits per heavy atom. The van der Waals surface area contributed by atoms with Gasteiger partial charge in [0.2, 0.25) is 5.91 Å². The molecule has 0 spiro atoms. The van der Waals surface area contributed by atoms with Crippen LogP contribution in [0.15, 0.2) is 30.5 Å². The fraction of sp³-hybridized carbons (Fsp3) is 0.333. The van der Waals surface area contributed by atoms with E-state index < -0.39 is 5.82 Å². The third-order valence-corrected chi connectivity index (χ3v) is 5.66. The maximum absolute atomic E-state index is 13.3. The first-order valence-electron chi connectivity index (χ1n) is 9.69. The second-order valence-electron chi connectivity index (χ2n) is 7.53. The standard InChI is InChI=1S/C21H22ClFN6O/c1-12-20-19(28(3)13(2)21(30)25-20)9-15(24-12)5-6-16-11-29(27-26-16)10-14-4-7-18(23)17(22)8-14/h4,7-9,11,13H,5-6,10H2,1-3H3,(H,25,30)/t13-/m0/s1. The van der Waals surface area contributed by atoms with Crippen molar-refractivity contribution < 1.29 is 9.18 Å². The molecule has 9 heteroatoms. The first-order valence-corrected chi connectivity index (χ1v) is 10.1. The van der Waals surface area contributed by atoms with E-state index in [0.29, 0.717) is 19.4 Å². The van der Waals surface area contributed by atoms with Gasteiger partial charge in [-0.2, -0.15) is 0 Å². The fourth-order valence-corrected chi connectivity index (χ4v) is 3.71. The molecule has 1 N–H and O–H groups in total. The number of hydrogen-bond donors (Lipinski definition) is 1. The van der Waals surface area contributed by atoms with Gasteiger partial charge in [0.15, 0.2) is 0 Å². The van der Waals surface area contributed by atoms with E-state index in [1.807, 2.05) is 38.1 Å². The number of hydrogen-bond acceptors (Lipinski definition) is 5. The normalized spacial score (nSPS) is 15.8. The molecule has 0 radical (unpaired) electrons. The monoisotopic (exact) mass is 428 g/mol. The minimum absolute atomic E-state index is 0.0262. The number of amides is 1. The molecule has 3 aromatic rings. The second kappa shape index (κ2) is 8.02. The van der Waals surface area contributed by atoms with Crippen molar-refractivity contribution in [1.82, 2.24) is 20.0 Å². The Labute approximate surface area is 178 Å². The summed E-state index contributed by atoms with van der Waals surface area (Å²) in [5.41, 5.74) is 5.17. The van der Waals surface area contributed by atoms with Crippen LogP contribution >= 0.6 is 11.6 Å². The number of benzene rings is 1. The largest absolute Gasteiger partial charge is 0.361 e. The number of halogens is 2. The van der Waals surface area contributed by atoms with Crippen molar-refractivity contribution in [2.45, 2.75) is 39.3 Å². The lowest BCUT2D eigenvalue weighted by Crippen LogP contribution is -2.44. The molecule has 0 saturated carbocycles. The Balaban J connectivity index is 1.45. The van der Waals surface area contributed by atoms with Crippen LogP contribution in [-0.4, -0.2) is 39.0 Å². The highest BCUT2D eigenvalue weighted by Gasteiger charge is 2.28. The zero-order valence-electron chi connectivity index (χ0n) is 17.0. The van der Waals surface area contributed by atoms with Crippen LogP contribution in [0, 0.1) is 12.7 Å². The van der Waals surface area contributed by atoms with Crippen LogP contribution in [0.1, 0.15) is 29.6 Å². The number of nitrogens with zero attached hydrogens (tertiary/aromatic N) is 5. The summed E-state index contributed by atoms with van der Waals surface area (Å²) in [4.78, 5) is 18.7. The first kappa shape index (κ1) is 20.3. The van der Waals surface area contributed by atoms with Gasteiger partial charge in [-0.3, -0.25) is 9.78 Å². The minimum Gasteiger partial charge on any atom is -0.361 e. The summed E-state index contributed by atoms with van der Waals surface area (Å²) in [6.45, 7) is 4.24. The summed E-state index contributed by atoms with van der Waals surface area (Å²) in [5, 5.41) is 11.4. The van der Waals surface area contributed by atoms with Crippen LogP contribution < -0.4 is 10.2 Å². The van der Waals surface area contributed by atoms with Crippen LogP contribution in [0.5, 0.6) is 0 Å². The zero-order chi connectivity index (χ0) is 21.4. The van der Waals surface area contributed by atoms with E-state index in [2.05, 4.69) is 20.6 Å². The van der Waals surface area contributed by atoms with Gasteiger partial charge in [-0.25, -0.2) is 9.07 Å². The molecule has 0 bridgehead atoms. The van der Waals surface area contributed by atoms with E-state index in [1.165, 1.54) is 6.07 Å². The maximum atomic E-state index is 13.3. The van der Waals surface area contributed by atoms with Gasteiger partial charge in [-0.05, 0) is 50.5 Å². The quantitative estimate of drug-likeness (QED) is 0.674. The Morgan fingerprint density at radius 3 is 2.77 bits per heavy atom. The summed E-state index contributed by atoms with van der Waals surface area (Å²) in [6.07, 6.45) is 3.25. The van der Waals surface area contributed by atoms with Crippen LogP contribution in [-0.2, 0) is 24.2 Å². The number of likely N-dealkylation sites (N-methyl/N-ethyl adjacent to an activating group) is 1. The van der Waals surface area contributed by atoms with E-state index in [9.17, 15) is 9.18 Å². The zero-order valence-corrected chi connectivity index (χ0v) is 17.7. The third kappa shape index (κ3) is 4.00. The van der Waals surface area contributed by atoms with Crippen molar-refractivity contribution in [2.75, 3.05) is 17.3 Å². The Morgan fingerprint density at radius 2 is 2.00 bits per heavy atom. The van der Waals surface area contributed by atoms with Gasteiger partial charge in [-0.1, -0.05) is 22.9 Å². The molecule has 0 aliphatic carbocycles. The van der Waals surface area contributed by atoms with Crippen molar-refractivity contribution in [3.8, 4) is 0 Å². The van der Waals surface area contributed by atoms with Crippen molar-refractivity contribution in [3.05, 3.63) is 63.9 Å².